The number of anilines is 2. The zero-order valence-corrected chi connectivity index (χ0v) is 10.6. The van der Waals surface area contributed by atoms with E-state index in [-0.39, 0.29) is 17.7 Å². The second-order valence-electron chi connectivity index (χ2n) is 4.93. The molecule has 2 unspecified atom stereocenters. The van der Waals surface area contributed by atoms with Crippen LogP contribution >= 0.6 is 0 Å². The van der Waals surface area contributed by atoms with Crippen molar-refractivity contribution >= 4 is 11.6 Å². The molecule has 2 atom stereocenters. The van der Waals surface area contributed by atoms with Crippen LogP contribution in [0.4, 0.5) is 24.8 Å². The van der Waals surface area contributed by atoms with Crippen molar-refractivity contribution in [1.82, 2.24) is 4.98 Å². The maximum Gasteiger partial charge on any atom is 0.416 e. The van der Waals surface area contributed by atoms with Crippen LogP contribution < -0.4 is 16.6 Å². The van der Waals surface area contributed by atoms with Crippen molar-refractivity contribution in [2.75, 3.05) is 10.7 Å². The number of nitrogens with zero attached hydrogens (tertiary/aromatic N) is 1. The molecule has 106 valence electrons. The maximum atomic E-state index is 12.8. The highest BCUT2D eigenvalue weighted by molar-refractivity contribution is 5.49. The zero-order valence-electron chi connectivity index (χ0n) is 10.6. The number of rotatable bonds is 3. The van der Waals surface area contributed by atoms with E-state index in [1.807, 2.05) is 0 Å². The number of pyridine rings is 1. The first kappa shape index (κ1) is 13.9. The Morgan fingerprint density at radius 3 is 2.47 bits per heavy atom. The van der Waals surface area contributed by atoms with Gasteiger partial charge < -0.3 is 10.7 Å². The minimum absolute atomic E-state index is 0.00275. The van der Waals surface area contributed by atoms with Gasteiger partial charge in [0.05, 0.1) is 5.56 Å². The third-order valence-electron chi connectivity index (χ3n) is 3.50. The van der Waals surface area contributed by atoms with E-state index < -0.39 is 11.7 Å². The molecule has 7 heteroatoms. The van der Waals surface area contributed by atoms with E-state index in [0.717, 1.165) is 31.4 Å². The summed E-state index contributed by atoms with van der Waals surface area (Å²) in [4.78, 5) is 4.02. The molecule has 4 nitrogen and oxygen atoms in total. The molecule has 1 fully saturated rings. The Balaban J connectivity index is 2.24. The van der Waals surface area contributed by atoms with E-state index in [2.05, 4.69) is 22.7 Å². The SMILES string of the molecule is CC1CCCC1Nc1cc(C(F)(F)F)cc(NN)n1. The molecule has 1 aliphatic carbocycles. The Hall–Kier alpha value is -1.50. The Bertz CT molecular complexity index is 447. The molecule has 1 aliphatic rings. The Kier molecular flexibility index (Phi) is 3.84. The maximum absolute atomic E-state index is 12.8. The number of alkyl halides is 3. The molecule has 1 heterocycles. The van der Waals surface area contributed by atoms with E-state index >= 15 is 0 Å². The molecular weight excluding hydrogens is 257 g/mol. The van der Waals surface area contributed by atoms with Gasteiger partial charge in [-0.15, -0.1) is 0 Å². The van der Waals surface area contributed by atoms with Gasteiger partial charge in [-0.3, -0.25) is 0 Å². The molecule has 1 aromatic heterocycles. The zero-order chi connectivity index (χ0) is 14.0. The molecule has 0 amide bonds. The van der Waals surface area contributed by atoms with Crippen molar-refractivity contribution in [3.8, 4) is 0 Å². The summed E-state index contributed by atoms with van der Waals surface area (Å²) in [5.41, 5.74) is 1.40. The number of hydrazine groups is 1. The van der Waals surface area contributed by atoms with Crippen LogP contribution in [0.5, 0.6) is 0 Å². The largest absolute Gasteiger partial charge is 0.416 e. The molecular formula is C12H17F3N4. The lowest BCUT2D eigenvalue weighted by molar-refractivity contribution is -0.137. The van der Waals surface area contributed by atoms with Crippen LogP contribution in [0.1, 0.15) is 31.7 Å². The Labute approximate surface area is 109 Å². The van der Waals surface area contributed by atoms with Crippen molar-refractivity contribution in [1.29, 1.82) is 0 Å². The number of nitrogen functional groups attached to an aromatic ring is 1. The molecule has 0 aliphatic heterocycles. The van der Waals surface area contributed by atoms with Crippen LogP contribution in [-0.2, 0) is 6.18 Å². The average molecular weight is 274 g/mol. The average Bonchev–Trinajstić information content (AvgIpc) is 2.73. The third-order valence-corrected chi connectivity index (χ3v) is 3.50. The highest BCUT2D eigenvalue weighted by Crippen LogP contribution is 2.33. The second-order valence-corrected chi connectivity index (χ2v) is 4.93. The molecule has 0 radical (unpaired) electrons. The van der Waals surface area contributed by atoms with Gasteiger partial charge in [0.1, 0.15) is 11.6 Å². The number of nitrogens with one attached hydrogen (secondary N) is 2. The lowest BCUT2D eigenvalue weighted by atomic mass is 10.1. The normalized spacial score (nSPS) is 23.4. The minimum Gasteiger partial charge on any atom is -0.367 e. The minimum atomic E-state index is -4.41. The van der Waals surface area contributed by atoms with Gasteiger partial charge in [0.15, 0.2) is 0 Å². The number of hydrogen-bond donors (Lipinski definition) is 3. The summed E-state index contributed by atoms with van der Waals surface area (Å²) >= 11 is 0. The van der Waals surface area contributed by atoms with Crippen molar-refractivity contribution in [2.45, 2.75) is 38.4 Å². The van der Waals surface area contributed by atoms with Gasteiger partial charge in [-0.2, -0.15) is 13.2 Å². The van der Waals surface area contributed by atoms with Crippen LogP contribution in [0.3, 0.4) is 0 Å². The predicted octanol–water partition coefficient (Wildman–Crippen LogP) is 2.99. The summed E-state index contributed by atoms with van der Waals surface area (Å²) in [6.07, 6.45) is -1.30. The summed E-state index contributed by atoms with van der Waals surface area (Å²) < 4.78 is 38.3. The van der Waals surface area contributed by atoms with E-state index in [1.54, 1.807) is 0 Å². The van der Waals surface area contributed by atoms with Crippen molar-refractivity contribution in [3.63, 3.8) is 0 Å². The second kappa shape index (κ2) is 5.24. The van der Waals surface area contributed by atoms with E-state index in [0.29, 0.717) is 5.92 Å². The first-order valence-electron chi connectivity index (χ1n) is 6.22. The van der Waals surface area contributed by atoms with Crippen LogP contribution in [-0.4, -0.2) is 11.0 Å². The fourth-order valence-corrected chi connectivity index (χ4v) is 2.39. The number of hydrogen-bond acceptors (Lipinski definition) is 4. The molecule has 0 spiro atoms. The van der Waals surface area contributed by atoms with Gasteiger partial charge >= 0.3 is 6.18 Å². The summed E-state index contributed by atoms with van der Waals surface area (Å²) in [6, 6.07) is 2.08. The predicted molar refractivity (Wildman–Crippen MR) is 67.5 cm³/mol. The third kappa shape index (κ3) is 3.28. The lowest BCUT2D eigenvalue weighted by Gasteiger charge is -2.19. The monoisotopic (exact) mass is 274 g/mol. The molecule has 2 rings (SSSR count). The van der Waals surface area contributed by atoms with Gasteiger partial charge in [-0.05, 0) is 30.9 Å². The molecule has 1 aromatic rings. The van der Waals surface area contributed by atoms with Crippen LogP contribution in [0, 0.1) is 5.92 Å². The van der Waals surface area contributed by atoms with Crippen molar-refractivity contribution in [3.05, 3.63) is 17.7 Å². The van der Waals surface area contributed by atoms with Crippen LogP contribution in [0.25, 0.3) is 0 Å². The molecule has 0 aromatic carbocycles. The van der Waals surface area contributed by atoms with Gasteiger partial charge in [0, 0.05) is 6.04 Å². The summed E-state index contributed by atoms with van der Waals surface area (Å²) in [6.45, 7) is 2.08. The standard InChI is InChI=1S/C12H17F3N4/c1-7-3-2-4-9(7)17-10-5-8(12(13,14)15)6-11(18-10)19-16/h5-7,9H,2-4,16H2,1H3,(H2,17,18,19). The molecule has 0 saturated heterocycles. The van der Waals surface area contributed by atoms with Crippen molar-refractivity contribution in [2.24, 2.45) is 11.8 Å². The fraction of sp³-hybridized carbons (Fsp3) is 0.583. The van der Waals surface area contributed by atoms with E-state index in [1.165, 1.54) is 0 Å². The lowest BCUT2D eigenvalue weighted by Crippen LogP contribution is -2.23. The summed E-state index contributed by atoms with van der Waals surface area (Å²) in [7, 11) is 0. The number of nitrogens with two attached hydrogens (primary N) is 1. The van der Waals surface area contributed by atoms with E-state index in [4.69, 9.17) is 5.84 Å². The first-order chi connectivity index (χ1) is 8.90. The Morgan fingerprint density at radius 1 is 1.26 bits per heavy atom. The topological polar surface area (TPSA) is 63.0 Å². The highest BCUT2D eigenvalue weighted by Gasteiger charge is 2.32. The quantitative estimate of drug-likeness (QED) is 0.585. The van der Waals surface area contributed by atoms with Crippen LogP contribution in [0.2, 0.25) is 0 Å². The van der Waals surface area contributed by atoms with Gasteiger partial charge in [0.25, 0.3) is 0 Å². The number of aromatic nitrogens is 1. The fourth-order valence-electron chi connectivity index (χ4n) is 2.39. The van der Waals surface area contributed by atoms with Gasteiger partial charge in [-0.25, -0.2) is 10.8 Å². The van der Waals surface area contributed by atoms with Gasteiger partial charge in [-0.1, -0.05) is 13.3 Å². The smallest absolute Gasteiger partial charge is 0.367 e. The molecule has 19 heavy (non-hydrogen) atoms. The molecule has 1 saturated carbocycles. The molecule has 4 N–H and O–H groups in total. The number of halogens is 3. The van der Waals surface area contributed by atoms with E-state index in [9.17, 15) is 13.2 Å². The van der Waals surface area contributed by atoms with Crippen LogP contribution in [0.15, 0.2) is 12.1 Å². The molecule has 0 bridgehead atoms. The van der Waals surface area contributed by atoms with Gasteiger partial charge in [0.2, 0.25) is 0 Å². The highest BCUT2D eigenvalue weighted by atomic mass is 19.4. The summed E-state index contributed by atoms with van der Waals surface area (Å²) in [5.74, 6) is 5.81. The first-order valence-corrected chi connectivity index (χ1v) is 6.22. The Morgan fingerprint density at radius 2 is 1.95 bits per heavy atom. The summed E-state index contributed by atoms with van der Waals surface area (Å²) in [5, 5.41) is 3.07. The van der Waals surface area contributed by atoms with Crippen molar-refractivity contribution < 1.29 is 13.2 Å².